The fourth-order valence-electron chi connectivity index (χ4n) is 6.38. The van der Waals surface area contributed by atoms with Gasteiger partial charge in [-0.05, 0) is 44.6 Å². The number of amides is 2. The number of allylic oxidation sites excluding steroid dienone is 1. The molecule has 1 aromatic rings. The van der Waals surface area contributed by atoms with Crippen LogP contribution >= 0.6 is 0 Å². The number of nitrogens with zero attached hydrogens (tertiary/aromatic N) is 3. The van der Waals surface area contributed by atoms with E-state index in [9.17, 15) is 19.8 Å². The van der Waals surface area contributed by atoms with Gasteiger partial charge in [0.1, 0.15) is 29.1 Å². The Kier molecular flexibility index (Phi) is 4.58. The molecule has 1 aromatic carbocycles. The first-order valence-electron chi connectivity index (χ1n) is 12.3. The van der Waals surface area contributed by atoms with Crippen LogP contribution in [0, 0.1) is 5.41 Å². The molecule has 9 nitrogen and oxygen atoms in total. The monoisotopic (exact) mass is 493 g/mol. The molecule has 2 saturated heterocycles. The molecule has 5 aliphatic heterocycles. The van der Waals surface area contributed by atoms with Crippen molar-refractivity contribution in [1.29, 1.82) is 0 Å². The fourth-order valence-corrected chi connectivity index (χ4v) is 6.38. The predicted octanol–water partition coefficient (Wildman–Crippen LogP) is 2.23. The molecule has 0 aliphatic carbocycles. The minimum absolute atomic E-state index is 0.0710. The molecule has 190 valence electrons. The van der Waals surface area contributed by atoms with Crippen LogP contribution in [-0.4, -0.2) is 74.7 Å². The molecule has 6 rings (SSSR count). The van der Waals surface area contributed by atoms with Crippen molar-refractivity contribution in [3.8, 4) is 5.75 Å². The van der Waals surface area contributed by atoms with Gasteiger partial charge in [-0.15, -0.1) is 0 Å². The summed E-state index contributed by atoms with van der Waals surface area (Å²) in [6, 6.07) is 2.65. The summed E-state index contributed by atoms with van der Waals surface area (Å²) >= 11 is 0. The Hall–Kier alpha value is -3.01. The van der Waals surface area contributed by atoms with Gasteiger partial charge in [-0.25, -0.2) is 0 Å². The molecule has 2 amide bonds. The third-order valence-corrected chi connectivity index (χ3v) is 8.23. The van der Waals surface area contributed by atoms with Gasteiger partial charge < -0.3 is 29.5 Å². The Balaban J connectivity index is 1.51. The van der Waals surface area contributed by atoms with Crippen molar-refractivity contribution in [2.75, 3.05) is 13.7 Å². The van der Waals surface area contributed by atoms with E-state index < -0.39 is 40.4 Å². The molecule has 2 fully saturated rings. The van der Waals surface area contributed by atoms with Gasteiger partial charge in [0.15, 0.2) is 0 Å². The number of aliphatic hydroxyl groups excluding tert-OH is 1. The summed E-state index contributed by atoms with van der Waals surface area (Å²) in [5.41, 5.74) is -2.08. The Bertz CT molecular complexity index is 1300. The number of rotatable bonds is 1. The molecule has 9 heteroatoms. The van der Waals surface area contributed by atoms with Crippen LogP contribution in [0.3, 0.4) is 0 Å². The second-order valence-electron chi connectivity index (χ2n) is 11.4. The number of aliphatic imine (C=N–C) groups is 1. The third kappa shape index (κ3) is 2.79. The number of fused-ring (bicyclic) bond motifs is 7. The predicted molar refractivity (Wildman–Crippen MR) is 131 cm³/mol. The molecule has 5 heterocycles. The van der Waals surface area contributed by atoms with Crippen molar-refractivity contribution in [2.24, 2.45) is 10.4 Å². The average molecular weight is 494 g/mol. The van der Waals surface area contributed by atoms with E-state index in [4.69, 9.17) is 14.5 Å². The summed E-state index contributed by atoms with van der Waals surface area (Å²) in [6.07, 6.45) is 6.31. The Morgan fingerprint density at radius 2 is 1.92 bits per heavy atom. The maximum Gasteiger partial charge on any atom is 0.283 e. The van der Waals surface area contributed by atoms with Crippen molar-refractivity contribution in [3.05, 3.63) is 41.6 Å². The van der Waals surface area contributed by atoms with Crippen LogP contribution < -0.4 is 4.74 Å². The molecule has 36 heavy (non-hydrogen) atoms. The van der Waals surface area contributed by atoms with Crippen molar-refractivity contribution in [3.63, 3.8) is 0 Å². The number of carbonyl (C=O) groups is 2. The smallest absolute Gasteiger partial charge is 0.283 e. The molecule has 4 atom stereocenters. The zero-order valence-corrected chi connectivity index (χ0v) is 21.1. The van der Waals surface area contributed by atoms with Gasteiger partial charge in [0.25, 0.3) is 11.6 Å². The third-order valence-electron chi connectivity index (χ3n) is 8.23. The van der Waals surface area contributed by atoms with Crippen molar-refractivity contribution >= 4 is 29.3 Å². The lowest BCUT2D eigenvalue weighted by Crippen LogP contribution is -2.73. The van der Waals surface area contributed by atoms with Crippen molar-refractivity contribution in [1.82, 2.24) is 9.80 Å². The molecule has 5 aliphatic rings. The number of piperazine rings is 1. The van der Waals surface area contributed by atoms with E-state index in [2.05, 4.69) is 0 Å². The summed E-state index contributed by atoms with van der Waals surface area (Å²) < 4.78 is 11.7. The Morgan fingerprint density at radius 1 is 1.17 bits per heavy atom. The lowest BCUT2D eigenvalue weighted by atomic mass is 9.71. The number of hydrogen-bond donors (Lipinski definition) is 2. The van der Waals surface area contributed by atoms with E-state index in [-0.39, 0.29) is 25.3 Å². The van der Waals surface area contributed by atoms with Gasteiger partial charge in [-0.1, -0.05) is 19.9 Å². The second-order valence-corrected chi connectivity index (χ2v) is 11.4. The topological polar surface area (TPSA) is 112 Å². The maximum absolute atomic E-state index is 13.8. The molecule has 0 radical (unpaired) electrons. The maximum atomic E-state index is 13.8. The van der Waals surface area contributed by atoms with Gasteiger partial charge in [0.05, 0.1) is 11.4 Å². The number of ether oxygens (including phenoxy) is 2. The van der Waals surface area contributed by atoms with Crippen LogP contribution in [0.4, 0.5) is 5.69 Å². The van der Waals surface area contributed by atoms with Gasteiger partial charge in [-0.3, -0.25) is 14.6 Å². The minimum atomic E-state index is -1.76. The van der Waals surface area contributed by atoms with Crippen LogP contribution in [0.15, 0.2) is 35.5 Å². The van der Waals surface area contributed by atoms with Crippen LogP contribution in [0.25, 0.3) is 6.08 Å². The summed E-state index contributed by atoms with van der Waals surface area (Å²) in [5, 5.41) is 23.0. The van der Waals surface area contributed by atoms with Crippen molar-refractivity contribution < 1.29 is 29.3 Å². The molecule has 0 bridgehead atoms. The summed E-state index contributed by atoms with van der Waals surface area (Å²) in [7, 11) is 1.33. The quantitative estimate of drug-likeness (QED) is 0.621. The highest BCUT2D eigenvalue weighted by Crippen LogP contribution is 2.53. The zero-order valence-electron chi connectivity index (χ0n) is 21.1. The number of aliphatic hydroxyl groups is 2. The molecule has 0 saturated carbocycles. The first-order valence-corrected chi connectivity index (χ1v) is 12.3. The number of hydrogen-bond acceptors (Lipinski definition) is 7. The Morgan fingerprint density at radius 3 is 2.64 bits per heavy atom. The highest BCUT2D eigenvalue weighted by atomic mass is 16.5. The fraction of sp³-hybridized carbons (Fsp3) is 0.519. The SMILES string of the molecule is COC12C(=O)N3/C=C\C(C)(C)C4=Nc5c(ccc6c5C=CC(C)(C)O6)C4(O)CC3C(=O)N1CCC2O. The average Bonchev–Trinajstić information content (AvgIpc) is 3.31. The van der Waals surface area contributed by atoms with E-state index in [1.165, 1.54) is 16.9 Å². The summed E-state index contributed by atoms with van der Waals surface area (Å²) in [5.74, 6) is -0.210. The van der Waals surface area contributed by atoms with Crippen LogP contribution in [0.2, 0.25) is 0 Å². The Labute approximate surface area is 209 Å². The minimum Gasteiger partial charge on any atom is -0.483 e. The number of methoxy groups -OCH3 is 1. The lowest BCUT2D eigenvalue weighted by molar-refractivity contribution is -0.211. The second kappa shape index (κ2) is 7.06. The van der Waals surface area contributed by atoms with Gasteiger partial charge >= 0.3 is 0 Å². The molecule has 2 N–H and O–H groups in total. The normalized spacial score (nSPS) is 36.0. The van der Waals surface area contributed by atoms with E-state index in [0.717, 1.165) is 5.56 Å². The van der Waals surface area contributed by atoms with Crippen LogP contribution in [0.1, 0.15) is 51.7 Å². The standard InChI is InChI=1S/C27H31N3O6/c1-24(2)11-13-29-17(21(32)30-12-9-19(31)27(30,35-5)23(29)33)14-26(34)16-6-7-18-15(20(16)28-22(24)26)8-10-25(3,4)36-18/h6-8,10-11,13,17,19,31,34H,9,12,14H2,1-5H3/b13-11-. The van der Waals surface area contributed by atoms with Gasteiger partial charge in [-0.2, -0.15) is 0 Å². The molecule has 0 spiro atoms. The first-order chi connectivity index (χ1) is 16.9. The van der Waals surface area contributed by atoms with Crippen LogP contribution in [0.5, 0.6) is 5.75 Å². The van der Waals surface area contributed by atoms with E-state index in [1.807, 2.05) is 45.9 Å². The van der Waals surface area contributed by atoms with Gasteiger partial charge in [0, 0.05) is 42.8 Å². The molecular formula is C27H31N3O6. The van der Waals surface area contributed by atoms with Crippen LogP contribution in [-0.2, 0) is 19.9 Å². The summed E-state index contributed by atoms with van der Waals surface area (Å²) in [4.78, 5) is 35.2. The molecule has 4 unspecified atom stereocenters. The summed E-state index contributed by atoms with van der Waals surface area (Å²) in [6.45, 7) is 7.97. The van der Waals surface area contributed by atoms with E-state index in [1.54, 1.807) is 18.3 Å². The van der Waals surface area contributed by atoms with Gasteiger partial charge in [0.2, 0.25) is 5.91 Å². The van der Waals surface area contributed by atoms with Crippen molar-refractivity contribution in [2.45, 2.75) is 69.6 Å². The molecule has 0 aromatic heterocycles. The highest BCUT2D eigenvalue weighted by molar-refractivity contribution is 6.08. The van der Waals surface area contributed by atoms with E-state index in [0.29, 0.717) is 22.7 Å². The number of benzene rings is 1. The molecular weight excluding hydrogens is 462 g/mol. The zero-order chi connectivity index (χ0) is 25.8. The largest absolute Gasteiger partial charge is 0.483 e. The van der Waals surface area contributed by atoms with E-state index >= 15 is 0 Å². The highest BCUT2D eigenvalue weighted by Gasteiger charge is 2.65. The first kappa shape index (κ1) is 23.4. The lowest BCUT2D eigenvalue weighted by Gasteiger charge is -2.50. The number of carbonyl (C=O) groups excluding carboxylic acids is 2.